The highest BCUT2D eigenvalue weighted by atomic mass is 32.2. The fourth-order valence-corrected chi connectivity index (χ4v) is 5.49. The van der Waals surface area contributed by atoms with Gasteiger partial charge in [-0.1, -0.05) is 59.9 Å². The van der Waals surface area contributed by atoms with Gasteiger partial charge in [0.15, 0.2) is 0 Å². The summed E-state index contributed by atoms with van der Waals surface area (Å²) in [6.45, 7) is 0. The lowest BCUT2D eigenvalue weighted by molar-refractivity contribution is -0.113. The number of carbonyl (C=O) groups is 1. The Hall–Kier alpha value is -2.63. The molecule has 3 aromatic rings. The number of anilines is 3. The van der Waals surface area contributed by atoms with Crippen molar-refractivity contribution in [3.8, 4) is 0 Å². The maximum Gasteiger partial charge on any atom is 0.258 e. The summed E-state index contributed by atoms with van der Waals surface area (Å²) in [5.74, 6) is -0.0302. The molecule has 0 saturated carbocycles. The highest BCUT2D eigenvalue weighted by Crippen LogP contribution is 2.49. The van der Waals surface area contributed by atoms with E-state index in [9.17, 15) is 4.79 Å². The van der Waals surface area contributed by atoms with Gasteiger partial charge >= 0.3 is 0 Å². The van der Waals surface area contributed by atoms with E-state index >= 15 is 0 Å². The molecule has 0 atom stereocenters. The molecule has 3 nitrogen and oxygen atoms in total. The maximum absolute atomic E-state index is 13.4. The van der Waals surface area contributed by atoms with Gasteiger partial charge < -0.3 is 4.90 Å². The molecule has 5 heteroatoms. The van der Waals surface area contributed by atoms with Crippen LogP contribution >= 0.6 is 23.5 Å². The van der Waals surface area contributed by atoms with Crippen molar-refractivity contribution in [3.63, 3.8) is 0 Å². The van der Waals surface area contributed by atoms with Gasteiger partial charge in [0.05, 0.1) is 22.1 Å². The summed E-state index contributed by atoms with van der Waals surface area (Å²) in [4.78, 5) is 20.6. The fourth-order valence-electron chi connectivity index (χ4n) is 3.36. The van der Waals surface area contributed by atoms with Gasteiger partial charge in [0, 0.05) is 27.8 Å². The third kappa shape index (κ3) is 2.74. The number of hydrogen-bond donors (Lipinski definition) is 0. The van der Waals surface area contributed by atoms with Crippen molar-refractivity contribution in [1.29, 1.82) is 0 Å². The predicted octanol–water partition coefficient (Wildman–Crippen LogP) is 5.90. The van der Waals surface area contributed by atoms with Crippen LogP contribution in [0.15, 0.2) is 98.6 Å². The van der Waals surface area contributed by atoms with E-state index in [1.54, 1.807) is 29.6 Å². The molecule has 0 spiro atoms. The monoisotopic (exact) mass is 388 g/mol. The summed E-state index contributed by atoms with van der Waals surface area (Å²) in [6.07, 6.45) is 1.74. The highest BCUT2D eigenvalue weighted by molar-refractivity contribution is 8.03. The Bertz CT molecular complexity index is 1050. The summed E-state index contributed by atoms with van der Waals surface area (Å²) in [6, 6.07) is 24.3. The van der Waals surface area contributed by atoms with Crippen molar-refractivity contribution in [3.05, 3.63) is 83.9 Å². The second kappa shape index (κ2) is 6.51. The van der Waals surface area contributed by atoms with Crippen LogP contribution in [0.4, 0.5) is 17.1 Å². The first-order valence-corrected chi connectivity index (χ1v) is 10.3. The number of nitrogens with zero attached hydrogens (tertiary/aromatic N) is 2. The molecule has 0 bridgehead atoms. The van der Waals surface area contributed by atoms with E-state index in [2.05, 4.69) is 29.2 Å². The maximum atomic E-state index is 13.4. The van der Waals surface area contributed by atoms with Crippen LogP contribution in [0.25, 0.3) is 0 Å². The average Bonchev–Trinajstić information content (AvgIpc) is 3.01. The summed E-state index contributed by atoms with van der Waals surface area (Å²) < 4.78 is 0. The molecule has 5 rings (SSSR count). The van der Waals surface area contributed by atoms with E-state index in [0.717, 1.165) is 31.9 Å². The fraction of sp³-hybridized carbons (Fsp3) is 0.0455. The molecule has 0 N–H and O–H groups in total. The highest BCUT2D eigenvalue weighted by Gasteiger charge is 2.29. The molecule has 2 heterocycles. The van der Waals surface area contributed by atoms with E-state index in [-0.39, 0.29) is 5.91 Å². The zero-order valence-corrected chi connectivity index (χ0v) is 16.3. The summed E-state index contributed by atoms with van der Waals surface area (Å²) in [7, 11) is 2.01. The lowest BCUT2D eigenvalue weighted by Gasteiger charge is -2.30. The van der Waals surface area contributed by atoms with Crippen LogP contribution in [0, 0.1) is 0 Å². The first-order valence-electron chi connectivity index (χ1n) is 8.65. The van der Waals surface area contributed by atoms with Gasteiger partial charge in [-0.2, -0.15) is 0 Å². The normalized spacial score (nSPS) is 16.1. The Kier molecular flexibility index (Phi) is 3.99. The molecule has 0 fully saturated rings. The molecule has 1 amide bonds. The molecule has 2 aliphatic heterocycles. The third-order valence-electron chi connectivity index (χ3n) is 4.67. The van der Waals surface area contributed by atoms with Gasteiger partial charge in [-0.05, 0) is 36.4 Å². The second-order valence-corrected chi connectivity index (χ2v) is 8.47. The lowest BCUT2D eigenvalue weighted by Crippen LogP contribution is -2.27. The van der Waals surface area contributed by atoms with Crippen LogP contribution in [-0.2, 0) is 4.79 Å². The van der Waals surface area contributed by atoms with Gasteiger partial charge in [0.2, 0.25) is 0 Å². The van der Waals surface area contributed by atoms with E-state index in [1.807, 2.05) is 60.5 Å². The van der Waals surface area contributed by atoms with Crippen molar-refractivity contribution in [1.82, 2.24) is 0 Å². The number of amides is 1. The van der Waals surface area contributed by atoms with E-state index < -0.39 is 0 Å². The lowest BCUT2D eigenvalue weighted by atomic mass is 10.2. The van der Waals surface area contributed by atoms with Crippen molar-refractivity contribution in [2.75, 3.05) is 16.8 Å². The van der Waals surface area contributed by atoms with Crippen LogP contribution in [0.5, 0.6) is 0 Å². The minimum atomic E-state index is -0.0302. The van der Waals surface area contributed by atoms with Crippen molar-refractivity contribution in [2.45, 2.75) is 14.7 Å². The quantitative estimate of drug-likeness (QED) is 0.484. The summed E-state index contributed by atoms with van der Waals surface area (Å²) in [5, 5.41) is 0.939. The zero-order chi connectivity index (χ0) is 18.4. The Morgan fingerprint density at radius 2 is 1.22 bits per heavy atom. The van der Waals surface area contributed by atoms with E-state index in [0.29, 0.717) is 0 Å². The molecule has 0 aliphatic carbocycles. The average molecular weight is 389 g/mol. The number of carbonyl (C=O) groups excluding carboxylic acids is 1. The van der Waals surface area contributed by atoms with Gasteiger partial charge in [0.1, 0.15) is 0 Å². The Balaban J connectivity index is 1.57. The SMILES string of the molecule is CN1C(=CC(=O)N2c3ccccc3Sc3ccccc32)Sc2ccccc21. The van der Waals surface area contributed by atoms with Crippen LogP contribution in [-0.4, -0.2) is 13.0 Å². The summed E-state index contributed by atoms with van der Waals surface area (Å²) >= 11 is 3.34. The molecule has 0 radical (unpaired) electrons. The van der Waals surface area contributed by atoms with Crippen LogP contribution in [0.2, 0.25) is 0 Å². The molecular formula is C22H16N2OS2. The molecule has 0 unspecified atom stereocenters. The van der Waals surface area contributed by atoms with Crippen LogP contribution in [0.3, 0.4) is 0 Å². The molecule has 2 aliphatic rings. The second-order valence-electron chi connectivity index (χ2n) is 6.32. The predicted molar refractivity (Wildman–Crippen MR) is 113 cm³/mol. The molecule has 27 heavy (non-hydrogen) atoms. The Morgan fingerprint density at radius 3 is 1.78 bits per heavy atom. The van der Waals surface area contributed by atoms with Crippen LogP contribution < -0.4 is 9.80 Å². The Morgan fingerprint density at radius 1 is 0.741 bits per heavy atom. The number of benzene rings is 3. The van der Waals surface area contributed by atoms with Gasteiger partial charge in [-0.3, -0.25) is 9.69 Å². The van der Waals surface area contributed by atoms with Gasteiger partial charge in [0.25, 0.3) is 5.91 Å². The minimum Gasteiger partial charge on any atom is -0.338 e. The Labute approximate surface area is 166 Å². The molecular weight excluding hydrogens is 372 g/mol. The van der Waals surface area contributed by atoms with Crippen LogP contribution in [0.1, 0.15) is 0 Å². The molecule has 0 aromatic heterocycles. The van der Waals surface area contributed by atoms with Crippen molar-refractivity contribution < 1.29 is 4.79 Å². The zero-order valence-electron chi connectivity index (χ0n) is 14.6. The topological polar surface area (TPSA) is 23.6 Å². The number of para-hydroxylation sites is 3. The first-order chi connectivity index (χ1) is 13.2. The van der Waals surface area contributed by atoms with Crippen molar-refractivity contribution in [2.24, 2.45) is 0 Å². The van der Waals surface area contributed by atoms with Gasteiger partial charge in [-0.25, -0.2) is 0 Å². The number of thioether (sulfide) groups is 1. The minimum absolute atomic E-state index is 0.0302. The third-order valence-corrected chi connectivity index (χ3v) is 6.97. The summed E-state index contributed by atoms with van der Waals surface area (Å²) in [5.41, 5.74) is 3.01. The van der Waals surface area contributed by atoms with E-state index in [4.69, 9.17) is 0 Å². The number of hydrogen-bond acceptors (Lipinski definition) is 4. The number of fused-ring (bicyclic) bond motifs is 3. The van der Waals surface area contributed by atoms with E-state index in [1.165, 1.54) is 4.90 Å². The largest absolute Gasteiger partial charge is 0.338 e. The number of rotatable bonds is 1. The first kappa shape index (κ1) is 16.5. The molecule has 132 valence electrons. The van der Waals surface area contributed by atoms with Gasteiger partial charge in [-0.15, -0.1) is 0 Å². The molecule has 3 aromatic carbocycles. The smallest absolute Gasteiger partial charge is 0.258 e. The van der Waals surface area contributed by atoms with Crippen molar-refractivity contribution >= 4 is 46.5 Å². The molecule has 0 saturated heterocycles. The standard InChI is InChI=1S/C22H16N2OS2/c1-23-15-8-2-5-11-18(15)27-22(23)14-21(25)24-16-9-3-6-12-19(16)26-20-13-7-4-10-17(20)24/h2-14H,1H3.